The zero-order valence-corrected chi connectivity index (χ0v) is 7.76. The molecule has 1 heterocycles. The van der Waals surface area contributed by atoms with Crippen molar-refractivity contribution in [3.05, 3.63) is 18.5 Å². The van der Waals surface area contributed by atoms with Crippen LogP contribution in [0.5, 0.6) is 5.75 Å². The third-order valence-electron chi connectivity index (χ3n) is 1.70. The number of nitrogens with zero attached hydrogens (tertiary/aromatic N) is 1. The maximum absolute atomic E-state index is 11.9. The number of rotatable bonds is 2. The molecule has 0 aliphatic rings. The summed E-state index contributed by atoms with van der Waals surface area (Å²) >= 11 is 4.10. The fourth-order valence-corrected chi connectivity index (χ4v) is 1.48. The minimum Gasteiger partial charge on any atom is -0.435 e. The molecule has 1 N–H and O–H groups in total. The molecular weight excluding hydrogens is 210 g/mol. The number of fused-ring (bicyclic) bond motifs is 1. The van der Waals surface area contributed by atoms with E-state index in [1.807, 2.05) is 0 Å². The first-order valence-corrected chi connectivity index (χ1v) is 4.22. The smallest absolute Gasteiger partial charge is 0.387 e. The molecule has 0 fully saturated rings. The van der Waals surface area contributed by atoms with Crippen molar-refractivity contribution in [2.24, 2.45) is 0 Å². The molecule has 0 radical (unpaired) electrons. The molecule has 0 aliphatic carbocycles. The number of benzene rings is 1. The monoisotopic (exact) mass is 216 g/mol. The van der Waals surface area contributed by atoms with Gasteiger partial charge in [0.25, 0.3) is 0 Å². The quantitative estimate of drug-likeness (QED) is 0.757. The lowest BCUT2D eigenvalue weighted by Gasteiger charge is -2.04. The predicted octanol–water partition coefficient (Wildman–Crippen LogP) is 2.45. The number of ether oxygens (including phenoxy) is 1. The van der Waals surface area contributed by atoms with Crippen molar-refractivity contribution in [2.45, 2.75) is 11.5 Å². The van der Waals surface area contributed by atoms with Crippen LogP contribution >= 0.6 is 12.6 Å². The third kappa shape index (κ3) is 1.65. The van der Waals surface area contributed by atoms with Crippen LogP contribution in [0.2, 0.25) is 0 Å². The van der Waals surface area contributed by atoms with Crippen LogP contribution in [0.1, 0.15) is 0 Å². The van der Waals surface area contributed by atoms with Gasteiger partial charge in [0.1, 0.15) is 11.3 Å². The first-order valence-electron chi connectivity index (χ1n) is 3.78. The lowest BCUT2D eigenvalue weighted by Crippen LogP contribution is -2.01. The second-order valence-electron chi connectivity index (χ2n) is 2.62. The highest BCUT2D eigenvalue weighted by Gasteiger charge is 2.08. The van der Waals surface area contributed by atoms with Crippen LogP contribution in [0, 0.1) is 0 Å². The van der Waals surface area contributed by atoms with E-state index in [4.69, 9.17) is 0 Å². The Balaban J connectivity index is 2.47. The Hall–Kier alpha value is -1.30. The van der Waals surface area contributed by atoms with Gasteiger partial charge in [0.15, 0.2) is 0 Å². The van der Waals surface area contributed by atoms with Gasteiger partial charge in [-0.2, -0.15) is 8.78 Å². The fourth-order valence-electron chi connectivity index (χ4n) is 1.18. The summed E-state index contributed by atoms with van der Waals surface area (Å²) in [4.78, 5) is 7.25. The number of thiol groups is 1. The van der Waals surface area contributed by atoms with Crippen LogP contribution in [-0.2, 0) is 0 Å². The van der Waals surface area contributed by atoms with Gasteiger partial charge in [0.05, 0.1) is 11.8 Å². The van der Waals surface area contributed by atoms with Crippen LogP contribution in [-0.4, -0.2) is 16.6 Å². The highest BCUT2D eigenvalue weighted by atomic mass is 32.1. The number of hydrogen-bond donors (Lipinski definition) is 2. The normalized spacial score (nSPS) is 11.1. The van der Waals surface area contributed by atoms with Crippen molar-refractivity contribution in [1.82, 2.24) is 9.97 Å². The van der Waals surface area contributed by atoms with E-state index in [0.29, 0.717) is 15.9 Å². The fraction of sp³-hybridized carbons (Fsp3) is 0.125. The zero-order chi connectivity index (χ0) is 10.1. The Morgan fingerprint density at radius 3 is 2.93 bits per heavy atom. The van der Waals surface area contributed by atoms with E-state index >= 15 is 0 Å². The van der Waals surface area contributed by atoms with Gasteiger partial charge in [-0.05, 0) is 6.07 Å². The maximum atomic E-state index is 11.9. The van der Waals surface area contributed by atoms with Gasteiger partial charge in [0, 0.05) is 11.0 Å². The molecule has 0 spiro atoms. The minimum atomic E-state index is -2.83. The number of halogens is 2. The Kier molecular flexibility index (Phi) is 2.28. The first-order chi connectivity index (χ1) is 6.66. The average molecular weight is 216 g/mol. The molecule has 0 saturated heterocycles. The molecule has 2 aromatic rings. The van der Waals surface area contributed by atoms with Crippen molar-refractivity contribution in [3.8, 4) is 5.75 Å². The topological polar surface area (TPSA) is 37.9 Å². The van der Waals surface area contributed by atoms with E-state index in [1.54, 1.807) is 0 Å². The van der Waals surface area contributed by atoms with E-state index in [1.165, 1.54) is 18.5 Å². The summed E-state index contributed by atoms with van der Waals surface area (Å²) in [6.45, 7) is -2.83. The molecule has 74 valence electrons. The Morgan fingerprint density at radius 2 is 2.21 bits per heavy atom. The van der Waals surface area contributed by atoms with E-state index in [2.05, 4.69) is 27.3 Å². The van der Waals surface area contributed by atoms with Crippen LogP contribution in [0.4, 0.5) is 8.78 Å². The van der Waals surface area contributed by atoms with Crippen molar-refractivity contribution in [2.75, 3.05) is 0 Å². The average Bonchev–Trinajstić information content (AvgIpc) is 2.50. The molecule has 0 amide bonds. The van der Waals surface area contributed by atoms with Crippen molar-refractivity contribution in [3.63, 3.8) is 0 Å². The summed E-state index contributed by atoms with van der Waals surface area (Å²) in [5.74, 6) is 0.0711. The van der Waals surface area contributed by atoms with E-state index in [0.717, 1.165) is 0 Å². The number of nitrogens with one attached hydrogen (secondary N) is 1. The molecular formula is C8H6F2N2OS. The SMILES string of the molecule is FC(F)Oc1cc(S)c2nc[nH]c2c1. The summed E-state index contributed by atoms with van der Waals surface area (Å²) in [6, 6.07) is 2.85. The molecule has 0 aliphatic heterocycles. The Morgan fingerprint density at radius 1 is 1.43 bits per heavy atom. The van der Waals surface area contributed by atoms with Gasteiger partial charge in [-0.25, -0.2) is 4.98 Å². The predicted molar refractivity (Wildman–Crippen MR) is 50.0 cm³/mol. The Labute approximate surface area is 83.5 Å². The van der Waals surface area contributed by atoms with Crippen molar-refractivity contribution >= 4 is 23.7 Å². The van der Waals surface area contributed by atoms with E-state index in [-0.39, 0.29) is 5.75 Å². The molecule has 0 unspecified atom stereocenters. The minimum absolute atomic E-state index is 0.0711. The summed E-state index contributed by atoms with van der Waals surface area (Å²) in [7, 11) is 0. The van der Waals surface area contributed by atoms with Gasteiger partial charge >= 0.3 is 6.61 Å². The van der Waals surface area contributed by atoms with Gasteiger partial charge < -0.3 is 9.72 Å². The summed E-state index contributed by atoms with van der Waals surface area (Å²) in [6.07, 6.45) is 1.47. The second kappa shape index (κ2) is 3.45. The summed E-state index contributed by atoms with van der Waals surface area (Å²) < 4.78 is 28.1. The Bertz CT molecular complexity index is 458. The zero-order valence-electron chi connectivity index (χ0n) is 6.87. The number of hydrogen-bond acceptors (Lipinski definition) is 3. The van der Waals surface area contributed by atoms with Gasteiger partial charge in [0.2, 0.25) is 0 Å². The number of aromatic nitrogens is 2. The molecule has 0 bridgehead atoms. The van der Waals surface area contributed by atoms with Crippen molar-refractivity contribution in [1.29, 1.82) is 0 Å². The largest absolute Gasteiger partial charge is 0.435 e. The molecule has 1 aromatic carbocycles. The number of H-pyrrole nitrogens is 1. The van der Waals surface area contributed by atoms with E-state index < -0.39 is 6.61 Å². The number of alkyl halides is 2. The second-order valence-corrected chi connectivity index (χ2v) is 3.10. The highest BCUT2D eigenvalue weighted by Crippen LogP contribution is 2.26. The van der Waals surface area contributed by atoms with Gasteiger partial charge in [-0.15, -0.1) is 12.6 Å². The molecule has 1 aromatic heterocycles. The maximum Gasteiger partial charge on any atom is 0.387 e. The molecule has 0 atom stereocenters. The van der Waals surface area contributed by atoms with Crippen LogP contribution in [0.3, 0.4) is 0 Å². The standard InChI is InChI=1S/C8H6F2N2OS/c9-8(10)13-4-1-5-7(6(14)2-4)12-3-11-5/h1-3,8,14H,(H,11,12). The molecule has 14 heavy (non-hydrogen) atoms. The van der Waals surface area contributed by atoms with Crippen molar-refractivity contribution < 1.29 is 13.5 Å². The van der Waals surface area contributed by atoms with Crippen LogP contribution in [0.15, 0.2) is 23.4 Å². The van der Waals surface area contributed by atoms with Gasteiger partial charge in [-0.1, -0.05) is 0 Å². The molecule has 2 rings (SSSR count). The highest BCUT2D eigenvalue weighted by molar-refractivity contribution is 7.80. The molecule has 0 saturated carbocycles. The number of imidazole rings is 1. The molecule has 6 heteroatoms. The van der Waals surface area contributed by atoms with Crippen LogP contribution in [0.25, 0.3) is 11.0 Å². The van der Waals surface area contributed by atoms with Crippen LogP contribution < -0.4 is 4.74 Å². The first kappa shape index (κ1) is 9.26. The summed E-state index contributed by atoms with van der Waals surface area (Å²) in [5, 5.41) is 0. The third-order valence-corrected chi connectivity index (χ3v) is 2.04. The van der Waals surface area contributed by atoms with Gasteiger partial charge in [-0.3, -0.25) is 0 Å². The molecule has 3 nitrogen and oxygen atoms in total. The number of aromatic amines is 1. The van der Waals surface area contributed by atoms with E-state index in [9.17, 15) is 8.78 Å². The summed E-state index contributed by atoms with van der Waals surface area (Å²) in [5.41, 5.74) is 1.25. The lowest BCUT2D eigenvalue weighted by atomic mass is 10.3. The lowest BCUT2D eigenvalue weighted by molar-refractivity contribution is -0.0498.